The SMILES string of the molecule is CSCCCOc1c(Cl)cc(Cl)cc1C(=O)O. The second-order valence-electron chi connectivity index (χ2n) is 3.26. The van der Waals surface area contributed by atoms with Crippen molar-refractivity contribution in [2.75, 3.05) is 18.6 Å². The van der Waals surface area contributed by atoms with Crippen molar-refractivity contribution in [2.45, 2.75) is 6.42 Å². The van der Waals surface area contributed by atoms with Crippen LogP contribution < -0.4 is 4.74 Å². The van der Waals surface area contributed by atoms with Crippen molar-refractivity contribution in [1.82, 2.24) is 0 Å². The van der Waals surface area contributed by atoms with Gasteiger partial charge in [0.1, 0.15) is 5.56 Å². The Morgan fingerprint density at radius 3 is 2.76 bits per heavy atom. The van der Waals surface area contributed by atoms with E-state index in [-0.39, 0.29) is 21.4 Å². The highest BCUT2D eigenvalue weighted by atomic mass is 35.5. The van der Waals surface area contributed by atoms with Gasteiger partial charge in [-0.25, -0.2) is 4.79 Å². The van der Waals surface area contributed by atoms with Crippen molar-refractivity contribution in [3.63, 3.8) is 0 Å². The summed E-state index contributed by atoms with van der Waals surface area (Å²) in [5.41, 5.74) is -0.00773. The molecule has 1 N–H and O–H groups in total. The summed E-state index contributed by atoms with van der Waals surface area (Å²) in [6.45, 7) is 0.433. The molecule has 1 rings (SSSR count). The van der Waals surface area contributed by atoms with Crippen molar-refractivity contribution in [2.24, 2.45) is 0 Å². The van der Waals surface area contributed by atoms with E-state index in [9.17, 15) is 4.79 Å². The van der Waals surface area contributed by atoms with E-state index < -0.39 is 5.97 Å². The van der Waals surface area contributed by atoms with Crippen molar-refractivity contribution < 1.29 is 14.6 Å². The van der Waals surface area contributed by atoms with Crippen LogP contribution in [0.15, 0.2) is 12.1 Å². The second kappa shape index (κ2) is 6.99. The Morgan fingerprint density at radius 1 is 1.47 bits per heavy atom. The molecular formula is C11H12Cl2O3S. The normalized spacial score (nSPS) is 10.3. The van der Waals surface area contributed by atoms with Gasteiger partial charge < -0.3 is 9.84 Å². The molecule has 17 heavy (non-hydrogen) atoms. The van der Waals surface area contributed by atoms with E-state index in [2.05, 4.69) is 0 Å². The van der Waals surface area contributed by atoms with E-state index in [1.54, 1.807) is 11.8 Å². The fraction of sp³-hybridized carbons (Fsp3) is 0.364. The molecule has 0 saturated heterocycles. The second-order valence-corrected chi connectivity index (χ2v) is 5.09. The molecule has 6 heteroatoms. The Balaban J connectivity index is 2.85. The highest BCUT2D eigenvalue weighted by molar-refractivity contribution is 7.98. The molecule has 0 amide bonds. The number of hydrogen-bond donors (Lipinski definition) is 1. The van der Waals surface area contributed by atoms with E-state index in [0.717, 1.165) is 12.2 Å². The van der Waals surface area contributed by atoms with E-state index in [4.69, 9.17) is 33.0 Å². The first-order chi connectivity index (χ1) is 8.06. The van der Waals surface area contributed by atoms with Crippen LogP contribution in [0.25, 0.3) is 0 Å². The van der Waals surface area contributed by atoms with Gasteiger partial charge in [0, 0.05) is 5.02 Å². The minimum atomic E-state index is -1.10. The molecule has 0 unspecified atom stereocenters. The molecule has 0 bridgehead atoms. The number of rotatable bonds is 6. The highest BCUT2D eigenvalue weighted by Gasteiger charge is 2.16. The molecule has 0 atom stereocenters. The lowest BCUT2D eigenvalue weighted by Gasteiger charge is -2.11. The van der Waals surface area contributed by atoms with E-state index >= 15 is 0 Å². The standard InChI is InChI=1S/C11H12Cl2O3S/c1-17-4-2-3-16-10-8(11(14)15)5-7(12)6-9(10)13/h5-6H,2-4H2,1H3,(H,14,15). The molecule has 1 aromatic rings. The monoisotopic (exact) mass is 294 g/mol. The van der Waals surface area contributed by atoms with Gasteiger partial charge >= 0.3 is 5.97 Å². The van der Waals surface area contributed by atoms with Gasteiger partial charge in [-0.15, -0.1) is 0 Å². The summed E-state index contributed by atoms with van der Waals surface area (Å²) in [6, 6.07) is 2.80. The molecular weight excluding hydrogens is 283 g/mol. The summed E-state index contributed by atoms with van der Waals surface area (Å²) in [7, 11) is 0. The Labute approximate surface area is 114 Å². The van der Waals surface area contributed by atoms with Gasteiger partial charge in [0.15, 0.2) is 5.75 Å². The molecule has 0 aliphatic carbocycles. The first kappa shape index (κ1) is 14.5. The summed E-state index contributed by atoms with van der Waals surface area (Å²) in [6.07, 6.45) is 2.83. The first-order valence-corrected chi connectivity index (χ1v) is 7.05. The Bertz CT molecular complexity index is 410. The van der Waals surface area contributed by atoms with E-state index in [1.807, 2.05) is 6.26 Å². The maximum Gasteiger partial charge on any atom is 0.339 e. The van der Waals surface area contributed by atoms with Gasteiger partial charge in [-0.3, -0.25) is 0 Å². The minimum absolute atomic E-state index is 0.00773. The molecule has 0 aromatic heterocycles. The number of carboxylic acid groups (broad SMARTS) is 1. The van der Waals surface area contributed by atoms with Crippen molar-refractivity contribution in [3.05, 3.63) is 27.7 Å². The third-order valence-electron chi connectivity index (χ3n) is 1.98. The van der Waals surface area contributed by atoms with Crippen molar-refractivity contribution >= 4 is 40.9 Å². The van der Waals surface area contributed by atoms with Crippen LogP contribution in [0.4, 0.5) is 0 Å². The molecule has 1 aromatic carbocycles. The zero-order valence-corrected chi connectivity index (χ0v) is 11.5. The summed E-state index contributed by atoms with van der Waals surface area (Å²) in [5.74, 6) is 0.0343. The average molecular weight is 295 g/mol. The van der Waals surface area contributed by atoms with Crippen LogP contribution in [-0.2, 0) is 0 Å². The Morgan fingerprint density at radius 2 is 2.18 bits per heavy atom. The molecule has 0 aliphatic heterocycles. The molecule has 0 spiro atoms. The maximum atomic E-state index is 11.0. The maximum absolute atomic E-state index is 11.0. The predicted octanol–water partition coefficient (Wildman–Crippen LogP) is 3.82. The highest BCUT2D eigenvalue weighted by Crippen LogP contribution is 2.32. The lowest BCUT2D eigenvalue weighted by Crippen LogP contribution is -2.06. The van der Waals surface area contributed by atoms with Crippen molar-refractivity contribution in [3.8, 4) is 5.75 Å². The van der Waals surface area contributed by atoms with E-state index in [1.165, 1.54) is 12.1 Å². The number of halogens is 2. The van der Waals surface area contributed by atoms with Crippen LogP contribution in [0.1, 0.15) is 16.8 Å². The van der Waals surface area contributed by atoms with Crippen LogP contribution in [0.5, 0.6) is 5.75 Å². The van der Waals surface area contributed by atoms with Crippen LogP contribution in [0.3, 0.4) is 0 Å². The summed E-state index contributed by atoms with van der Waals surface area (Å²) in [4.78, 5) is 11.0. The van der Waals surface area contributed by atoms with Crippen LogP contribution >= 0.6 is 35.0 Å². The van der Waals surface area contributed by atoms with Crippen LogP contribution in [0.2, 0.25) is 10.0 Å². The number of thioether (sulfide) groups is 1. The first-order valence-electron chi connectivity index (χ1n) is 4.90. The lowest BCUT2D eigenvalue weighted by atomic mass is 10.2. The van der Waals surface area contributed by atoms with Gasteiger partial charge in [-0.05, 0) is 30.6 Å². The average Bonchev–Trinajstić information content (AvgIpc) is 2.25. The third-order valence-corrected chi connectivity index (χ3v) is 3.17. The van der Waals surface area contributed by atoms with Gasteiger partial charge in [-0.2, -0.15) is 11.8 Å². The van der Waals surface area contributed by atoms with Crippen LogP contribution in [0, 0.1) is 0 Å². The number of carbonyl (C=O) groups is 1. The Kier molecular flexibility index (Phi) is 5.95. The number of carboxylic acids is 1. The quantitative estimate of drug-likeness (QED) is 0.810. The fourth-order valence-corrected chi connectivity index (χ4v) is 2.20. The number of hydrogen-bond acceptors (Lipinski definition) is 3. The molecule has 0 radical (unpaired) electrons. The predicted molar refractivity (Wildman–Crippen MR) is 71.9 cm³/mol. The number of benzene rings is 1. The summed E-state index contributed by atoms with van der Waals surface area (Å²) < 4.78 is 5.40. The zero-order chi connectivity index (χ0) is 12.8. The summed E-state index contributed by atoms with van der Waals surface area (Å²) >= 11 is 13.4. The van der Waals surface area contributed by atoms with Gasteiger partial charge in [-0.1, -0.05) is 23.2 Å². The largest absolute Gasteiger partial charge is 0.491 e. The molecule has 0 heterocycles. The fourth-order valence-electron chi connectivity index (χ4n) is 1.24. The number of ether oxygens (including phenoxy) is 1. The molecule has 3 nitrogen and oxygen atoms in total. The van der Waals surface area contributed by atoms with Crippen molar-refractivity contribution in [1.29, 1.82) is 0 Å². The van der Waals surface area contributed by atoms with E-state index in [0.29, 0.717) is 6.61 Å². The summed E-state index contributed by atoms with van der Waals surface area (Å²) in [5, 5.41) is 9.52. The molecule has 0 aliphatic rings. The minimum Gasteiger partial charge on any atom is -0.491 e. The lowest BCUT2D eigenvalue weighted by molar-refractivity contribution is 0.0692. The zero-order valence-electron chi connectivity index (χ0n) is 9.20. The topological polar surface area (TPSA) is 46.5 Å². The van der Waals surface area contributed by atoms with Gasteiger partial charge in [0.25, 0.3) is 0 Å². The van der Waals surface area contributed by atoms with Crippen LogP contribution in [-0.4, -0.2) is 29.7 Å². The third kappa shape index (κ3) is 4.30. The smallest absolute Gasteiger partial charge is 0.339 e. The molecule has 0 saturated carbocycles. The van der Waals surface area contributed by atoms with Gasteiger partial charge in [0.2, 0.25) is 0 Å². The number of aromatic carboxylic acids is 1. The molecule has 0 fully saturated rings. The Hall–Kier alpha value is -0.580. The molecule has 94 valence electrons. The van der Waals surface area contributed by atoms with Gasteiger partial charge in [0.05, 0.1) is 11.6 Å².